The van der Waals surface area contributed by atoms with Gasteiger partial charge in [-0.05, 0) is 110 Å². The molecule has 30 heavy (non-hydrogen) atoms. The summed E-state index contributed by atoms with van der Waals surface area (Å²) in [6.45, 7) is 12.3. The molecule has 0 N–H and O–H groups in total. The number of rotatable bonds is 6. The van der Waals surface area contributed by atoms with Gasteiger partial charge in [0.25, 0.3) is 0 Å². The maximum atomic E-state index is 11.3. The van der Waals surface area contributed by atoms with Crippen molar-refractivity contribution >= 4 is 12.6 Å². The predicted molar refractivity (Wildman–Crippen MR) is 124 cm³/mol. The van der Waals surface area contributed by atoms with Gasteiger partial charge < -0.3 is 0 Å². The minimum absolute atomic E-state index is 0.813. The van der Waals surface area contributed by atoms with Crippen LogP contribution >= 0.6 is 0 Å². The normalized spacial score (nSPS) is 10.9. The van der Waals surface area contributed by atoms with Crippen molar-refractivity contribution in [3.05, 3.63) is 103 Å². The quantitative estimate of drug-likeness (QED) is 0.454. The van der Waals surface area contributed by atoms with Gasteiger partial charge in [0, 0.05) is 11.1 Å². The summed E-state index contributed by atoms with van der Waals surface area (Å²) >= 11 is 0. The van der Waals surface area contributed by atoms with Crippen LogP contribution in [0.5, 0.6) is 0 Å². The molecule has 2 heteroatoms. The molecule has 0 aliphatic rings. The average Bonchev–Trinajstić information content (AvgIpc) is 2.72. The molecule has 0 bridgehead atoms. The zero-order valence-electron chi connectivity index (χ0n) is 18.8. The fraction of sp³-hybridized carbons (Fsp3) is 0.286. The summed E-state index contributed by atoms with van der Waals surface area (Å²) in [4.78, 5) is 22.7. The van der Waals surface area contributed by atoms with Crippen molar-refractivity contribution in [2.75, 3.05) is 0 Å². The van der Waals surface area contributed by atoms with E-state index in [2.05, 4.69) is 50.2 Å². The van der Waals surface area contributed by atoms with Gasteiger partial charge in [-0.2, -0.15) is 0 Å². The SMILES string of the molecule is Cc1cc(Cc2ccc(Cc3cc(C)c(C=O)c(C)c3C)cc2)c(C)c(C)c1C=O. The highest BCUT2D eigenvalue weighted by molar-refractivity contribution is 5.81. The minimum atomic E-state index is 0.813. The second-order valence-electron chi connectivity index (χ2n) is 8.44. The van der Waals surface area contributed by atoms with Crippen LogP contribution in [0, 0.1) is 41.5 Å². The molecule has 2 nitrogen and oxygen atoms in total. The second-order valence-corrected chi connectivity index (χ2v) is 8.44. The fourth-order valence-electron chi connectivity index (χ4n) is 4.32. The summed E-state index contributed by atoms with van der Waals surface area (Å²) in [5.41, 5.74) is 13.3. The second kappa shape index (κ2) is 8.79. The van der Waals surface area contributed by atoms with E-state index < -0.39 is 0 Å². The molecule has 3 aromatic carbocycles. The van der Waals surface area contributed by atoms with Gasteiger partial charge >= 0.3 is 0 Å². The van der Waals surface area contributed by atoms with Crippen molar-refractivity contribution in [3.63, 3.8) is 0 Å². The first-order valence-electron chi connectivity index (χ1n) is 10.4. The smallest absolute Gasteiger partial charge is 0.150 e. The Morgan fingerprint density at radius 3 is 1.20 bits per heavy atom. The van der Waals surface area contributed by atoms with Crippen molar-refractivity contribution in [1.29, 1.82) is 0 Å². The van der Waals surface area contributed by atoms with E-state index in [0.29, 0.717) is 0 Å². The lowest BCUT2D eigenvalue weighted by Gasteiger charge is -2.15. The lowest BCUT2D eigenvalue weighted by molar-refractivity contribution is 0.111. The molecule has 154 valence electrons. The van der Waals surface area contributed by atoms with Gasteiger partial charge in [0.15, 0.2) is 12.6 Å². The highest BCUT2D eigenvalue weighted by Gasteiger charge is 2.12. The van der Waals surface area contributed by atoms with E-state index in [1.54, 1.807) is 0 Å². The van der Waals surface area contributed by atoms with Crippen LogP contribution in [0.15, 0.2) is 36.4 Å². The molecule has 3 aromatic rings. The highest BCUT2D eigenvalue weighted by atomic mass is 16.1. The number of benzene rings is 3. The summed E-state index contributed by atoms with van der Waals surface area (Å²) in [5, 5.41) is 0. The van der Waals surface area contributed by atoms with Crippen LogP contribution in [0.1, 0.15) is 76.4 Å². The standard InChI is InChI=1S/C28H30O2/c1-17-11-25(19(3)21(5)27(17)15-29)13-23-7-9-24(10-8-23)14-26-12-18(2)28(16-30)22(6)20(26)4/h7-12,15-16H,13-14H2,1-6H3. The van der Waals surface area contributed by atoms with Crippen molar-refractivity contribution in [2.45, 2.75) is 54.4 Å². The van der Waals surface area contributed by atoms with Crippen molar-refractivity contribution in [2.24, 2.45) is 0 Å². The zero-order valence-corrected chi connectivity index (χ0v) is 18.8. The monoisotopic (exact) mass is 398 g/mol. The summed E-state index contributed by atoms with van der Waals surface area (Å²) < 4.78 is 0. The third-order valence-corrected chi connectivity index (χ3v) is 6.58. The van der Waals surface area contributed by atoms with Crippen LogP contribution in [-0.2, 0) is 12.8 Å². The number of carbonyl (C=O) groups excluding carboxylic acids is 2. The van der Waals surface area contributed by atoms with Crippen molar-refractivity contribution < 1.29 is 9.59 Å². The molecule has 0 aromatic heterocycles. The number of hydrogen-bond donors (Lipinski definition) is 0. The average molecular weight is 399 g/mol. The van der Waals surface area contributed by atoms with Crippen LogP contribution in [0.25, 0.3) is 0 Å². The summed E-state index contributed by atoms with van der Waals surface area (Å²) in [6.07, 6.45) is 3.64. The lowest BCUT2D eigenvalue weighted by Crippen LogP contribution is -2.02. The molecule has 0 unspecified atom stereocenters. The fourth-order valence-corrected chi connectivity index (χ4v) is 4.32. The molecular weight excluding hydrogens is 368 g/mol. The molecule has 0 saturated carbocycles. The van der Waals surface area contributed by atoms with Gasteiger partial charge in [-0.25, -0.2) is 0 Å². The largest absolute Gasteiger partial charge is 0.298 e. The molecule has 0 aliphatic heterocycles. The third kappa shape index (κ3) is 4.14. The molecule has 0 heterocycles. The molecule has 0 atom stereocenters. The molecule has 0 radical (unpaired) electrons. The van der Waals surface area contributed by atoms with E-state index in [4.69, 9.17) is 0 Å². The third-order valence-electron chi connectivity index (χ3n) is 6.58. The van der Waals surface area contributed by atoms with Gasteiger partial charge in [-0.3, -0.25) is 9.59 Å². The zero-order chi connectivity index (χ0) is 22.0. The van der Waals surface area contributed by atoms with Crippen LogP contribution < -0.4 is 0 Å². The Balaban J connectivity index is 1.83. The number of hydrogen-bond acceptors (Lipinski definition) is 2. The lowest BCUT2D eigenvalue weighted by atomic mass is 9.89. The van der Waals surface area contributed by atoms with E-state index in [1.165, 1.54) is 33.4 Å². The number of aryl methyl sites for hydroxylation is 2. The highest BCUT2D eigenvalue weighted by Crippen LogP contribution is 2.25. The van der Waals surface area contributed by atoms with Gasteiger partial charge in [0.05, 0.1) is 0 Å². The van der Waals surface area contributed by atoms with Gasteiger partial charge in [0.2, 0.25) is 0 Å². The van der Waals surface area contributed by atoms with Crippen LogP contribution in [0.4, 0.5) is 0 Å². The van der Waals surface area contributed by atoms with Gasteiger partial charge in [0.1, 0.15) is 0 Å². The molecule has 3 rings (SSSR count). The predicted octanol–water partition coefficient (Wildman–Crippen LogP) is 6.34. The Morgan fingerprint density at radius 2 is 0.900 bits per heavy atom. The van der Waals surface area contributed by atoms with Crippen LogP contribution in [-0.4, -0.2) is 12.6 Å². The summed E-state index contributed by atoms with van der Waals surface area (Å²) in [5.74, 6) is 0. The molecule has 0 amide bonds. The maximum absolute atomic E-state index is 11.3. The Labute approximate surface area is 180 Å². The Hall–Kier alpha value is -3.00. The van der Waals surface area contributed by atoms with Crippen LogP contribution in [0.2, 0.25) is 0 Å². The Bertz CT molecular complexity index is 1030. The first-order valence-corrected chi connectivity index (χ1v) is 10.4. The Morgan fingerprint density at radius 1 is 0.567 bits per heavy atom. The molecular formula is C28H30O2. The first kappa shape index (κ1) is 21.7. The van der Waals surface area contributed by atoms with E-state index >= 15 is 0 Å². The Kier molecular flexibility index (Phi) is 6.36. The topological polar surface area (TPSA) is 34.1 Å². The van der Waals surface area contributed by atoms with E-state index in [9.17, 15) is 9.59 Å². The van der Waals surface area contributed by atoms with Gasteiger partial charge in [-0.15, -0.1) is 0 Å². The summed E-state index contributed by atoms with van der Waals surface area (Å²) in [7, 11) is 0. The molecule has 0 spiro atoms. The van der Waals surface area contributed by atoms with Crippen molar-refractivity contribution in [3.8, 4) is 0 Å². The number of carbonyl (C=O) groups is 2. The molecule has 0 saturated heterocycles. The molecule has 0 fully saturated rings. The van der Waals surface area contributed by atoms with E-state index in [-0.39, 0.29) is 0 Å². The first-order chi connectivity index (χ1) is 14.3. The van der Waals surface area contributed by atoms with E-state index in [1.807, 2.05) is 27.7 Å². The maximum Gasteiger partial charge on any atom is 0.150 e. The summed E-state index contributed by atoms with van der Waals surface area (Å²) in [6, 6.07) is 13.1. The van der Waals surface area contributed by atoms with Gasteiger partial charge in [-0.1, -0.05) is 36.4 Å². The minimum Gasteiger partial charge on any atom is -0.298 e. The number of aldehydes is 2. The van der Waals surface area contributed by atoms with Crippen molar-refractivity contribution in [1.82, 2.24) is 0 Å². The molecule has 0 aliphatic carbocycles. The van der Waals surface area contributed by atoms with Crippen LogP contribution in [0.3, 0.4) is 0 Å². The van der Waals surface area contributed by atoms with E-state index in [0.717, 1.165) is 58.8 Å².